The molecule has 0 aliphatic heterocycles. The maximum absolute atomic E-state index is 11.8. The number of benzene rings is 1. The van der Waals surface area contributed by atoms with Crippen LogP contribution >= 0.6 is 11.6 Å². The van der Waals surface area contributed by atoms with Gasteiger partial charge in [0.25, 0.3) is 0 Å². The van der Waals surface area contributed by atoms with Crippen molar-refractivity contribution in [3.8, 4) is 17.7 Å². The summed E-state index contributed by atoms with van der Waals surface area (Å²) in [5.41, 5.74) is 0.252. The van der Waals surface area contributed by atoms with Gasteiger partial charge in [0.05, 0.1) is 17.3 Å². The van der Waals surface area contributed by atoms with E-state index in [-0.39, 0.29) is 5.88 Å². The van der Waals surface area contributed by atoms with Gasteiger partial charge in [-0.15, -0.1) is 0 Å². The lowest BCUT2D eigenvalue weighted by molar-refractivity contribution is 0.0636. The Hall–Kier alpha value is -2.78. The molecule has 7 heteroatoms. The number of amides is 1. The molecule has 24 heavy (non-hydrogen) atoms. The minimum absolute atomic E-state index is 0.245. The molecule has 2 aromatic rings. The van der Waals surface area contributed by atoms with Crippen molar-refractivity contribution in [2.24, 2.45) is 0 Å². The number of pyridine rings is 1. The Morgan fingerprint density at radius 1 is 1.29 bits per heavy atom. The SMILES string of the molecule is CC(C)(C)OC(=O)Nc1ccnc(Oc2cc(Cl)cc(C#N)c2)c1. The Morgan fingerprint density at radius 2 is 2.04 bits per heavy atom. The zero-order valence-corrected chi connectivity index (χ0v) is 14.2. The summed E-state index contributed by atoms with van der Waals surface area (Å²) in [6.07, 6.45) is 0.909. The largest absolute Gasteiger partial charge is 0.444 e. The minimum Gasteiger partial charge on any atom is -0.444 e. The fourth-order valence-corrected chi connectivity index (χ4v) is 2.00. The molecule has 1 aromatic carbocycles. The Kier molecular flexibility index (Phi) is 5.27. The quantitative estimate of drug-likeness (QED) is 0.868. The number of hydrogen-bond donors (Lipinski definition) is 1. The van der Waals surface area contributed by atoms with E-state index in [0.717, 1.165) is 0 Å². The number of nitrogens with one attached hydrogen (secondary N) is 1. The van der Waals surface area contributed by atoms with Gasteiger partial charge in [-0.2, -0.15) is 5.26 Å². The van der Waals surface area contributed by atoms with Crippen LogP contribution in [0.1, 0.15) is 26.3 Å². The summed E-state index contributed by atoms with van der Waals surface area (Å²) in [6, 6.07) is 9.78. The third-order valence-electron chi connectivity index (χ3n) is 2.60. The summed E-state index contributed by atoms with van der Waals surface area (Å²) in [4.78, 5) is 15.8. The van der Waals surface area contributed by atoms with Gasteiger partial charge in [0.1, 0.15) is 11.4 Å². The van der Waals surface area contributed by atoms with E-state index in [9.17, 15) is 4.79 Å². The Bertz CT molecular complexity index is 794. The molecule has 1 aromatic heterocycles. The van der Waals surface area contributed by atoms with Crippen LogP contribution in [-0.4, -0.2) is 16.7 Å². The van der Waals surface area contributed by atoms with Crippen LogP contribution in [0.2, 0.25) is 5.02 Å². The normalized spacial score (nSPS) is 10.6. The highest BCUT2D eigenvalue weighted by Crippen LogP contribution is 2.26. The van der Waals surface area contributed by atoms with E-state index in [1.807, 2.05) is 6.07 Å². The van der Waals surface area contributed by atoms with Gasteiger partial charge in [0.2, 0.25) is 5.88 Å². The maximum Gasteiger partial charge on any atom is 0.412 e. The number of nitriles is 1. The molecule has 124 valence electrons. The molecule has 0 radical (unpaired) electrons. The van der Waals surface area contributed by atoms with E-state index in [4.69, 9.17) is 26.3 Å². The van der Waals surface area contributed by atoms with Crippen LogP contribution < -0.4 is 10.1 Å². The van der Waals surface area contributed by atoms with Gasteiger partial charge in [-0.05, 0) is 45.0 Å². The van der Waals surface area contributed by atoms with E-state index in [1.54, 1.807) is 39.0 Å². The Labute approximate surface area is 145 Å². The first-order valence-corrected chi connectivity index (χ1v) is 7.47. The van der Waals surface area contributed by atoms with Crippen molar-refractivity contribution >= 4 is 23.4 Å². The number of hydrogen-bond acceptors (Lipinski definition) is 5. The van der Waals surface area contributed by atoms with E-state index in [0.29, 0.717) is 22.0 Å². The second kappa shape index (κ2) is 7.20. The molecule has 0 spiro atoms. The molecule has 0 bridgehead atoms. The monoisotopic (exact) mass is 345 g/mol. The van der Waals surface area contributed by atoms with Crippen molar-refractivity contribution in [2.45, 2.75) is 26.4 Å². The molecule has 0 saturated carbocycles. The third kappa shape index (κ3) is 5.45. The standard InChI is InChI=1S/C17H16ClN3O3/c1-17(2,3)24-16(22)21-13-4-5-20-15(9-13)23-14-7-11(10-19)6-12(18)8-14/h4-9H,1-3H3,(H,20,21,22). The minimum atomic E-state index is -0.592. The predicted molar refractivity (Wildman–Crippen MR) is 90.3 cm³/mol. The van der Waals surface area contributed by atoms with Gasteiger partial charge in [0, 0.05) is 17.3 Å². The smallest absolute Gasteiger partial charge is 0.412 e. The van der Waals surface area contributed by atoms with Gasteiger partial charge in [-0.3, -0.25) is 5.32 Å². The second-order valence-corrected chi connectivity index (χ2v) is 6.34. The van der Waals surface area contributed by atoms with Crippen molar-refractivity contribution in [1.29, 1.82) is 5.26 Å². The maximum atomic E-state index is 11.8. The summed E-state index contributed by atoms with van der Waals surface area (Å²) < 4.78 is 10.8. The van der Waals surface area contributed by atoms with Crippen molar-refractivity contribution in [2.75, 3.05) is 5.32 Å². The summed E-state index contributed by atoms with van der Waals surface area (Å²) in [5.74, 6) is 0.621. The van der Waals surface area contributed by atoms with E-state index >= 15 is 0 Å². The van der Waals surface area contributed by atoms with Gasteiger partial charge in [-0.1, -0.05) is 11.6 Å². The molecular weight excluding hydrogens is 330 g/mol. The van der Waals surface area contributed by atoms with Crippen LogP contribution in [0.25, 0.3) is 0 Å². The van der Waals surface area contributed by atoms with Crippen LogP contribution in [0.15, 0.2) is 36.5 Å². The van der Waals surface area contributed by atoms with Gasteiger partial charge in [-0.25, -0.2) is 9.78 Å². The van der Waals surface area contributed by atoms with Crippen molar-refractivity contribution in [1.82, 2.24) is 4.98 Å². The third-order valence-corrected chi connectivity index (χ3v) is 2.82. The number of rotatable bonds is 3. The fraction of sp³-hybridized carbons (Fsp3) is 0.235. The number of anilines is 1. The van der Waals surface area contributed by atoms with Crippen LogP contribution in [-0.2, 0) is 4.74 Å². The van der Waals surface area contributed by atoms with Crippen LogP contribution in [0.4, 0.5) is 10.5 Å². The zero-order chi connectivity index (χ0) is 17.7. The molecule has 2 rings (SSSR count). The summed E-state index contributed by atoms with van der Waals surface area (Å²) in [7, 11) is 0. The highest BCUT2D eigenvalue weighted by atomic mass is 35.5. The van der Waals surface area contributed by atoms with Crippen LogP contribution in [0, 0.1) is 11.3 Å². The molecule has 6 nitrogen and oxygen atoms in total. The average Bonchev–Trinajstić information content (AvgIpc) is 2.44. The lowest BCUT2D eigenvalue weighted by Gasteiger charge is -2.19. The molecule has 0 aliphatic rings. The van der Waals surface area contributed by atoms with Crippen molar-refractivity contribution in [3.05, 3.63) is 47.1 Å². The first-order valence-electron chi connectivity index (χ1n) is 7.10. The van der Waals surface area contributed by atoms with Gasteiger partial charge >= 0.3 is 6.09 Å². The molecule has 0 saturated heterocycles. The fourth-order valence-electron chi connectivity index (χ4n) is 1.77. The van der Waals surface area contributed by atoms with Gasteiger partial charge in [0.15, 0.2) is 0 Å². The topological polar surface area (TPSA) is 84.2 Å². The first-order chi connectivity index (χ1) is 11.2. The lowest BCUT2D eigenvalue weighted by atomic mass is 10.2. The number of nitrogens with zero attached hydrogens (tertiary/aromatic N) is 2. The molecule has 0 aliphatic carbocycles. The van der Waals surface area contributed by atoms with Gasteiger partial charge < -0.3 is 9.47 Å². The highest BCUT2D eigenvalue weighted by molar-refractivity contribution is 6.30. The number of halogens is 1. The summed E-state index contributed by atoms with van der Waals surface area (Å²) in [6.45, 7) is 5.33. The van der Waals surface area contributed by atoms with Crippen molar-refractivity contribution < 1.29 is 14.3 Å². The van der Waals surface area contributed by atoms with E-state index in [2.05, 4.69) is 10.3 Å². The molecule has 1 amide bonds. The molecule has 1 N–H and O–H groups in total. The number of aromatic nitrogens is 1. The molecule has 0 fully saturated rings. The highest BCUT2D eigenvalue weighted by Gasteiger charge is 2.16. The number of carbonyl (C=O) groups excluding carboxylic acids is 1. The summed E-state index contributed by atoms with van der Waals surface area (Å²) in [5, 5.41) is 11.9. The average molecular weight is 346 g/mol. The van der Waals surface area contributed by atoms with Crippen LogP contribution in [0.3, 0.4) is 0 Å². The Balaban J connectivity index is 2.12. The van der Waals surface area contributed by atoms with Crippen LogP contribution in [0.5, 0.6) is 11.6 Å². The van der Waals surface area contributed by atoms with E-state index < -0.39 is 11.7 Å². The van der Waals surface area contributed by atoms with Crippen molar-refractivity contribution in [3.63, 3.8) is 0 Å². The number of carbonyl (C=O) groups is 1. The molecule has 0 unspecified atom stereocenters. The lowest BCUT2D eigenvalue weighted by Crippen LogP contribution is -2.27. The summed E-state index contributed by atoms with van der Waals surface area (Å²) >= 11 is 5.93. The Morgan fingerprint density at radius 3 is 2.71 bits per heavy atom. The molecule has 1 heterocycles. The zero-order valence-electron chi connectivity index (χ0n) is 13.5. The molecular formula is C17H16ClN3O3. The number of ether oxygens (including phenoxy) is 2. The predicted octanol–water partition coefficient (Wildman–Crippen LogP) is 4.75. The molecule has 0 atom stereocenters. The second-order valence-electron chi connectivity index (χ2n) is 5.90. The van der Waals surface area contributed by atoms with E-state index in [1.165, 1.54) is 18.3 Å². The first kappa shape index (κ1) is 17.6.